The number of aromatic hydroxyl groups is 1. The Morgan fingerprint density at radius 2 is 1.80 bits per heavy atom. The molecule has 0 unspecified atom stereocenters. The molecule has 0 radical (unpaired) electrons. The van der Waals surface area contributed by atoms with E-state index in [-0.39, 0.29) is 23.5 Å². The highest BCUT2D eigenvalue weighted by molar-refractivity contribution is 5.76. The van der Waals surface area contributed by atoms with Crippen LogP contribution in [-0.4, -0.2) is 46.8 Å². The predicted molar refractivity (Wildman–Crippen MR) is 160 cm³/mol. The van der Waals surface area contributed by atoms with Gasteiger partial charge in [-0.05, 0) is 129 Å². The van der Waals surface area contributed by atoms with Crippen LogP contribution >= 0.6 is 0 Å². The molecular formula is C35H49NO4. The van der Waals surface area contributed by atoms with Gasteiger partial charge < -0.3 is 19.8 Å². The van der Waals surface area contributed by atoms with Gasteiger partial charge in [-0.2, -0.15) is 0 Å². The van der Waals surface area contributed by atoms with Gasteiger partial charge in [0.1, 0.15) is 11.5 Å². The van der Waals surface area contributed by atoms with Gasteiger partial charge in [-0.3, -0.25) is 4.79 Å². The van der Waals surface area contributed by atoms with Crippen molar-refractivity contribution in [2.45, 2.75) is 109 Å². The highest BCUT2D eigenvalue weighted by Crippen LogP contribution is 2.65. The minimum Gasteiger partial charge on any atom is -0.508 e. The standard InChI is InChI=1S/C35H49NO4/c1-23(2)36(4)33(39)9-7-5-6-8-20-40-27-14-10-24(11-15-27)30-22-35(3)31(18-19-32(35)38)29-16-12-25-21-26(37)13-17-28(25)34(29)30/h10-11,13-15,17,21,23,29-32,34,37-38H,5-9,12,16,18-20,22H2,1-4H3/t29-,30+,31-,32-,34+,35-/m0/s1. The van der Waals surface area contributed by atoms with Crippen LogP contribution in [0.1, 0.15) is 107 Å². The average Bonchev–Trinajstić information content (AvgIpc) is 3.25. The number of aliphatic hydroxyl groups excluding tert-OH is 1. The van der Waals surface area contributed by atoms with Crippen molar-refractivity contribution in [1.82, 2.24) is 4.90 Å². The molecule has 0 spiro atoms. The minimum atomic E-state index is -0.223. The van der Waals surface area contributed by atoms with Crippen LogP contribution in [0.15, 0.2) is 42.5 Å². The number of aliphatic hydroxyl groups is 1. The molecule has 0 bridgehead atoms. The third kappa shape index (κ3) is 5.77. The largest absolute Gasteiger partial charge is 0.508 e. The van der Waals surface area contributed by atoms with Gasteiger partial charge in [-0.15, -0.1) is 0 Å². The van der Waals surface area contributed by atoms with E-state index in [1.165, 1.54) is 16.7 Å². The molecule has 1 amide bonds. The van der Waals surface area contributed by atoms with Gasteiger partial charge in [-0.25, -0.2) is 0 Å². The Morgan fingerprint density at radius 1 is 1.05 bits per heavy atom. The fourth-order valence-corrected chi connectivity index (χ4v) is 8.19. The van der Waals surface area contributed by atoms with Crippen molar-refractivity contribution in [3.05, 3.63) is 59.2 Å². The van der Waals surface area contributed by atoms with E-state index in [0.29, 0.717) is 42.4 Å². The van der Waals surface area contributed by atoms with Crippen LogP contribution in [0.5, 0.6) is 11.5 Å². The summed E-state index contributed by atoms with van der Waals surface area (Å²) in [6, 6.07) is 15.0. The predicted octanol–water partition coefficient (Wildman–Crippen LogP) is 7.20. The van der Waals surface area contributed by atoms with E-state index in [9.17, 15) is 15.0 Å². The molecule has 0 saturated heterocycles. The van der Waals surface area contributed by atoms with E-state index < -0.39 is 0 Å². The van der Waals surface area contributed by atoms with Gasteiger partial charge >= 0.3 is 0 Å². The molecule has 3 aliphatic rings. The van der Waals surface area contributed by atoms with Crippen LogP contribution in [0, 0.1) is 17.3 Å². The van der Waals surface area contributed by atoms with Crippen LogP contribution in [0.3, 0.4) is 0 Å². The Labute approximate surface area is 240 Å². The molecule has 5 nitrogen and oxygen atoms in total. The molecule has 6 atom stereocenters. The van der Waals surface area contributed by atoms with Crippen LogP contribution in [-0.2, 0) is 11.2 Å². The fraction of sp³-hybridized carbons (Fsp3) is 0.629. The maximum atomic E-state index is 12.1. The van der Waals surface area contributed by atoms with Crippen molar-refractivity contribution < 1.29 is 19.7 Å². The zero-order chi connectivity index (χ0) is 28.4. The van der Waals surface area contributed by atoms with Gasteiger partial charge in [0.05, 0.1) is 12.7 Å². The minimum absolute atomic E-state index is 0.0375. The van der Waals surface area contributed by atoms with E-state index in [4.69, 9.17) is 4.74 Å². The Bertz CT molecular complexity index is 1160. The number of hydrogen-bond donors (Lipinski definition) is 2. The first kappa shape index (κ1) is 29.0. The molecule has 0 aliphatic heterocycles. The molecule has 2 saturated carbocycles. The van der Waals surface area contributed by atoms with Crippen molar-refractivity contribution in [1.29, 1.82) is 0 Å². The van der Waals surface area contributed by atoms with Crippen LogP contribution in [0.2, 0.25) is 0 Å². The lowest BCUT2D eigenvalue weighted by Gasteiger charge is -2.54. The number of ether oxygens (including phenoxy) is 1. The summed E-state index contributed by atoms with van der Waals surface area (Å²) in [6.07, 6.45) is 9.63. The molecule has 2 aromatic carbocycles. The normalized spacial score (nSPS) is 29.0. The summed E-state index contributed by atoms with van der Waals surface area (Å²) in [5.74, 6) is 3.39. The van der Waals surface area contributed by atoms with Gasteiger partial charge in [0.25, 0.3) is 0 Å². The van der Waals surface area contributed by atoms with Crippen molar-refractivity contribution in [3.63, 3.8) is 0 Å². The zero-order valence-electron chi connectivity index (χ0n) is 24.9. The summed E-state index contributed by atoms with van der Waals surface area (Å²) >= 11 is 0. The van der Waals surface area contributed by atoms with Crippen LogP contribution in [0.25, 0.3) is 0 Å². The number of nitrogens with zero attached hydrogens (tertiary/aromatic N) is 1. The first-order valence-corrected chi connectivity index (χ1v) is 15.7. The molecule has 5 rings (SSSR count). The quantitative estimate of drug-likeness (QED) is 0.309. The number of benzene rings is 2. The molecule has 40 heavy (non-hydrogen) atoms. The average molecular weight is 548 g/mol. The van der Waals surface area contributed by atoms with Crippen LogP contribution in [0.4, 0.5) is 0 Å². The molecule has 0 aromatic heterocycles. The number of phenolic OH excluding ortho intramolecular Hbond substituents is 1. The lowest BCUT2D eigenvalue weighted by Crippen LogP contribution is -2.47. The summed E-state index contributed by atoms with van der Waals surface area (Å²) in [6.45, 7) is 7.12. The second kappa shape index (κ2) is 12.1. The number of carbonyl (C=O) groups is 1. The summed E-state index contributed by atoms with van der Waals surface area (Å²) in [5.41, 5.74) is 3.99. The number of phenols is 1. The number of hydrogen-bond acceptors (Lipinski definition) is 4. The smallest absolute Gasteiger partial charge is 0.222 e. The van der Waals surface area contributed by atoms with Crippen molar-refractivity contribution >= 4 is 5.91 Å². The lowest BCUT2D eigenvalue weighted by atomic mass is 9.51. The van der Waals surface area contributed by atoms with Crippen molar-refractivity contribution in [2.24, 2.45) is 17.3 Å². The zero-order valence-corrected chi connectivity index (χ0v) is 24.9. The third-order valence-electron chi connectivity index (χ3n) is 10.7. The van der Waals surface area contributed by atoms with E-state index >= 15 is 0 Å². The monoisotopic (exact) mass is 547 g/mol. The maximum absolute atomic E-state index is 12.1. The summed E-state index contributed by atoms with van der Waals surface area (Å²) in [4.78, 5) is 13.9. The lowest BCUT2D eigenvalue weighted by molar-refractivity contribution is -0.131. The molecule has 2 fully saturated rings. The van der Waals surface area contributed by atoms with E-state index in [0.717, 1.165) is 63.5 Å². The van der Waals surface area contributed by atoms with Gasteiger partial charge in [0.15, 0.2) is 0 Å². The Kier molecular flexibility index (Phi) is 8.80. The van der Waals surface area contributed by atoms with E-state index in [1.807, 2.05) is 37.9 Å². The molecule has 2 aromatic rings. The Morgan fingerprint density at radius 3 is 2.55 bits per heavy atom. The fourth-order valence-electron chi connectivity index (χ4n) is 8.19. The first-order valence-electron chi connectivity index (χ1n) is 15.7. The first-order chi connectivity index (χ1) is 19.2. The SMILES string of the molecule is CC(C)N(C)C(=O)CCCCCCOc1ccc([C@H]2C[C@]3(C)[C@@H](O)CC[C@H]3[C@@H]3CCc4cc(O)ccc4[C@H]32)cc1. The van der Waals surface area contributed by atoms with Crippen molar-refractivity contribution in [3.8, 4) is 11.5 Å². The molecule has 3 aliphatic carbocycles. The topological polar surface area (TPSA) is 70.0 Å². The van der Waals surface area contributed by atoms with Crippen LogP contribution < -0.4 is 4.74 Å². The number of fused-ring (bicyclic) bond motifs is 5. The Balaban J connectivity index is 1.20. The number of amides is 1. The van der Waals surface area contributed by atoms with Crippen molar-refractivity contribution in [2.75, 3.05) is 13.7 Å². The third-order valence-corrected chi connectivity index (χ3v) is 10.7. The number of unbranched alkanes of at least 4 members (excludes halogenated alkanes) is 3. The van der Waals surface area contributed by atoms with Gasteiger partial charge in [0.2, 0.25) is 5.91 Å². The number of rotatable bonds is 10. The second-order valence-electron chi connectivity index (χ2n) is 13.3. The van der Waals surface area contributed by atoms with E-state index in [2.05, 4.69) is 37.3 Å². The van der Waals surface area contributed by atoms with Gasteiger partial charge in [0, 0.05) is 19.5 Å². The number of aryl methyl sites for hydroxylation is 1. The highest BCUT2D eigenvalue weighted by atomic mass is 16.5. The summed E-state index contributed by atoms with van der Waals surface area (Å²) in [5, 5.41) is 21.2. The maximum Gasteiger partial charge on any atom is 0.222 e. The highest BCUT2D eigenvalue weighted by Gasteiger charge is 2.57. The number of carbonyl (C=O) groups excluding carboxylic acids is 1. The Hall–Kier alpha value is -2.53. The van der Waals surface area contributed by atoms with E-state index in [1.54, 1.807) is 0 Å². The molecule has 218 valence electrons. The molecule has 2 N–H and O–H groups in total. The second-order valence-corrected chi connectivity index (χ2v) is 13.3. The molecule has 0 heterocycles. The molecular weight excluding hydrogens is 498 g/mol. The summed E-state index contributed by atoms with van der Waals surface area (Å²) in [7, 11) is 1.88. The molecule has 5 heteroatoms. The summed E-state index contributed by atoms with van der Waals surface area (Å²) < 4.78 is 6.09. The van der Waals surface area contributed by atoms with Gasteiger partial charge in [-0.1, -0.05) is 38.0 Å².